The smallest absolute Gasteiger partial charge is 0.316 e. The molecule has 1 heterocycles. The molecule has 5 heteroatoms. The van der Waals surface area contributed by atoms with E-state index in [4.69, 9.17) is 14.2 Å². The van der Waals surface area contributed by atoms with Gasteiger partial charge in [-0.1, -0.05) is 42.5 Å². The molecule has 150 valence electrons. The summed E-state index contributed by atoms with van der Waals surface area (Å²) in [6, 6.07) is 17.7. The van der Waals surface area contributed by atoms with E-state index in [1.54, 1.807) is 7.11 Å². The van der Waals surface area contributed by atoms with Gasteiger partial charge in [-0.15, -0.1) is 0 Å². The molecule has 1 fully saturated rings. The number of rotatable bonds is 8. The Morgan fingerprint density at radius 3 is 2.29 bits per heavy atom. The minimum Gasteiger partial charge on any atom is -0.493 e. The number of nitrogens with zero attached hydrogens (tertiary/aromatic N) is 1. The minimum absolute atomic E-state index is 0.105. The van der Waals surface area contributed by atoms with Gasteiger partial charge in [0.2, 0.25) is 0 Å². The molecule has 0 saturated carbocycles. The summed E-state index contributed by atoms with van der Waals surface area (Å²) in [5, 5.41) is 0. The van der Waals surface area contributed by atoms with Crippen LogP contribution in [0.25, 0.3) is 0 Å². The Balaban J connectivity index is 1.59. The van der Waals surface area contributed by atoms with Crippen molar-refractivity contribution in [3.05, 3.63) is 60.2 Å². The third-order valence-corrected chi connectivity index (χ3v) is 5.44. The lowest BCUT2D eigenvalue weighted by atomic mass is 9.72. The molecular weight excluding hydrogens is 354 g/mol. The Morgan fingerprint density at radius 2 is 1.64 bits per heavy atom. The number of carbonyl (C=O) groups excluding carboxylic acids is 1. The predicted octanol–water partition coefficient (Wildman–Crippen LogP) is 3.67. The molecule has 0 bridgehead atoms. The zero-order valence-corrected chi connectivity index (χ0v) is 16.7. The van der Waals surface area contributed by atoms with Gasteiger partial charge in [0, 0.05) is 6.54 Å². The fourth-order valence-electron chi connectivity index (χ4n) is 3.82. The van der Waals surface area contributed by atoms with Crippen LogP contribution >= 0.6 is 0 Å². The topological polar surface area (TPSA) is 48.0 Å². The summed E-state index contributed by atoms with van der Waals surface area (Å²) in [5.41, 5.74) is 0.510. The molecule has 28 heavy (non-hydrogen) atoms. The molecule has 0 radical (unpaired) electrons. The van der Waals surface area contributed by atoms with Crippen LogP contribution in [0.4, 0.5) is 0 Å². The second kappa shape index (κ2) is 9.60. The van der Waals surface area contributed by atoms with Crippen LogP contribution < -0.4 is 9.47 Å². The van der Waals surface area contributed by atoms with Crippen molar-refractivity contribution in [3.63, 3.8) is 0 Å². The molecule has 3 rings (SSSR count). The highest BCUT2D eigenvalue weighted by Crippen LogP contribution is 2.37. The molecule has 1 aliphatic rings. The highest BCUT2D eigenvalue weighted by molar-refractivity contribution is 5.83. The third kappa shape index (κ3) is 4.47. The molecule has 0 aromatic heterocycles. The number of likely N-dealkylation sites (tertiary alicyclic amines) is 1. The van der Waals surface area contributed by atoms with Crippen molar-refractivity contribution >= 4 is 5.97 Å². The van der Waals surface area contributed by atoms with Gasteiger partial charge in [-0.2, -0.15) is 0 Å². The van der Waals surface area contributed by atoms with Crippen molar-refractivity contribution in [2.75, 3.05) is 40.0 Å². The first-order valence-corrected chi connectivity index (χ1v) is 9.90. The molecule has 5 nitrogen and oxygen atoms in total. The Bertz CT molecular complexity index is 754. The number of para-hydroxylation sites is 2. The van der Waals surface area contributed by atoms with Gasteiger partial charge in [-0.3, -0.25) is 9.69 Å². The predicted molar refractivity (Wildman–Crippen MR) is 109 cm³/mol. The van der Waals surface area contributed by atoms with E-state index in [2.05, 4.69) is 4.90 Å². The van der Waals surface area contributed by atoms with Gasteiger partial charge < -0.3 is 14.2 Å². The van der Waals surface area contributed by atoms with Gasteiger partial charge in [0.25, 0.3) is 0 Å². The number of piperidine rings is 1. The number of esters is 1. The maximum atomic E-state index is 12.8. The molecule has 1 aliphatic heterocycles. The fraction of sp³-hybridized carbons (Fsp3) is 0.435. The second-order valence-corrected chi connectivity index (χ2v) is 7.01. The van der Waals surface area contributed by atoms with Gasteiger partial charge >= 0.3 is 5.97 Å². The first kappa shape index (κ1) is 20.2. The Labute approximate surface area is 167 Å². The Hall–Kier alpha value is -2.53. The minimum atomic E-state index is -0.544. The van der Waals surface area contributed by atoms with Crippen molar-refractivity contribution in [1.82, 2.24) is 4.90 Å². The molecule has 2 aromatic carbocycles. The summed E-state index contributed by atoms with van der Waals surface area (Å²) in [4.78, 5) is 15.2. The van der Waals surface area contributed by atoms with Crippen LogP contribution in [-0.4, -0.2) is 50.8 Å². The second-order valence-electron chi connectivity index (χ2n) is 7.01. The molecule has 0 aliphatic carbocycles. The SMILES string of the molecule is CCOC(=O)C1(c2ccccc2)CCN(CCOc2ccccc2OC)CC1. The molecular formula is C23H29NO4. The lowest BCUT2D eigenvalue weighted by Gasteiger charge is -2.40. The summed E-state index contributed by atoms with van der Waals surface area (Å²) in [6.45, 7) is 5.33. The average Bonchev–Trinajstić information content (AvgIpc) is 2.75. The van der Waals surface area contributed by atoms with Crippen LogP contribution in [0.5, 0.6) is 11.5 Å². The summed E-state index contributed by atoms with van der Waals surface area (Å²) < 4.78 is 16.7. The lowest BCUT2D eigenvalue weighted by molar-refractivity contribution is -0.152. The monoisotopic (exact) mass is 383 g/mol. The number of hydrogen-bond acceptors (Lipinski definition) is 5. The normalized spacial score (nSPS) is 16.4. The summed E-state index contributed by atoms with van der Waals surface area (Å²) in [5.74, 6) is 1.39. The van der Waals surface area contributed by atoms with Crippen molar-refractivity contribution in [3.8, 4) is 11.5 Å². The van der Waals surface area contributed by atoms with Gasteiger partial charge in [-0.05, 0) is 50.6 Å². The van der Waals surface area contributed by atoms with E-state index in [-0.39, 0.29) is 5.97 Å². The van der Waals surface area contributed by atoms with Gasteiger partial charge in [0.1, 0.15) is 6.61 Å². The van der Waals surface area contributed by atoms with Gasteiger partial charge in [-0.25, -0.2) is 0 Å². The number of carbonyl (C=O) groups is 1. The summed E-state index contributed by atoms with van der Waals surface area (Å²) >= 11 is 0. The molecule has 0 amide bonds. The van der Waals surface area contributed by atoms with Crippen LogP contribution in [0.1, 0.15) is 25.3 Å². The van der Waals surface area contributed by atoms with E-state index in [9.17, 15) is 4.79 Å². The van der Waals surface area contributed by atoms with Crippen molar-refractivity contribution < 1.29 is 19.0 Å². The zero-order valence-electron chi connectivity index (χ0n) is 16.7. The highest BCUT2D eigenvalue weighted by atomic mass is 16.5. The Kier molecular flexibility index (Phi) is 6.93. The fourth-order valence-corrected chi connectivity index (χ4v) is 3.82. The Morgan fingerprint density at radius 1 is 1.00 bits per heavy atom. The van der Waals surface area contributed by atoms with Gasteiger partial charge in [0.05, 0.1) is 19.1 Å². The van der Waals surface area contributed by atoms with E-state index < -0.39 is 5.41 Å². The first-order chi connectivity index (χ1) is 13.7. The van der Waals surface area contributed by atoms with E-state index in [1.165, 1.54) is 0 Å². The van der Waals surface area contributed by atoms with E-state index >= 15 is 0 Å². The van der Waals surface area contributed by atoms with Crippen molar-refractivity contribution in [2.45, 2.75) is 25.2 Å². The molecule has 1 saturated heterocycles. The summed E-state index contributed by atoms with van der Waals surface area (Å²) in [7, 11) is 1.64. The van der Waals surface area contributed by atoms with Crippen LogP contribution in [0.2, 0.25) is 0 Å². The van der Waals surface area contributed by atoms with Crippen LogP contribution in [-0.2, 0) is 14.9 Å². The standard InChI is InChI=1S/C23H29NO4/c1-3-27-22(25)23(19-9-5-4-6-10-19)13-15-24(16-14-23)17-18-28-21-12-8-7-11-20(21)26-2/h4-12H,3,13-18H2,1-2H3. The first-order valence-electron chi connectivity index (χ1n) is 9.90. The third-order valence-electron chi connectivity index (χ3n) is 5.44. The van der Waals surface area contributed by atoms with E-state index in [1.807, 2.05) is 61.5 Å². The number of hydrogen-bond donors (Lipinski definition) is 0. The largest absolute Gasteiger partial charge is 0.493 e. The quantitative estimate of drug-likeness (QED) is 0.651. The maximum absolute atomic E-state index is 12.8. The van der Waals surface area contributed by atoms with Gasteiger partial charge in [0.15, 0.2) is 11.5 Å². The molecule has 2 aromatic rings. The van der Waals surface area contributed by atoms with Crippen molar-refractivity contribution in [1.29, 1.82) is 0 Å². The van der Waals surface area contributed by atoms with E-state index in [0.29, 0.717) is 13.2 Å². The van der Waals surface area contributed by atoms with Crippen LogP contribution in [0.15, 0.2) is 54.6 Å². The average molecular weight is 383 g/mol. The van der Waals surface area contributed by atoms with Crippen molar-refractivity contribution in [2.24, 2.45) is 0 Å². The molecule has 0 atom stereocenters. The van der Waals surface area contributed by atoms with E-state index in [0.717, 1.165) is 49.5 Å². The van der Waals surface area contributed by atoms with Crippen LogP contribution in [0, 0.1) is 0 Å². The molecule has 0 spiro atoms. The molecule has 0 N–H and O–H groups in total. The number of methoxy groups -OCH3 is 1. The number of ether oxygens (including phenoxy) is 3. The summed E-state index contributed by atoms with van der Waals surface area (Å²) in [6.07, 6.45) is 1.51. The number of benzene rings is 2. The molecule has 0 unspecified atom stereocenters. The highest BCUT2D eigenvalue weighted by Gasteiger charge is 2.44. The zero-order chi connectivity index (χ0) is 19.8. The maximum Gasteiger partial charge on any atom is 0.316 e. The van der Waals surface area contributed by atoms with Crippen LogP contribution in [0.3, 0.4) is 0 Å². The lowest BCUT2D eigenvalue weighted by Crippen LogP contribution is -2.48.